The van der Waals surface area contributed by atoms with Gasteiger partial charge >= 0.3 is 0 Å². The number of aromatic nitrogens is 1. The number of anilines is 2. The van der Waals surface area contributed by atoms with Crippen molar-refractivity contribution in [1.29, 1.82) is 0 Å². The van der Waals surface area contributed by atoms with Crippen molar-refractivity contribution in [2.24, 2.45) is 0 Å². The van der Waals surface area contributed by atoms with Crippen LogP contribution < -0.4 is 20.7 Å². The first-order chi connectivity index (χ1) is 13.2. The van der Waals surface area contributed by atoms with Crippen LogP contribution in [0.1, 0.15) is 19.3 Å². The maximum Gasteiger partial charge on any atom is 0.237 e. The van der Waals surface area contributed by atoms with E-state index in [-0.39, 0.29) is 6.10 Å². The highest BCUT2D eigenvalue weighted by atomic mass is 16.5. The van der Waals surface area contributed by atoms with E-state index in [0.717, 1.165) is 55.1 Å². The molecule has 2 aliphatic heterocycles. The topological polar surface area (TPSA) is 81.9 Å². The normalized spacial score (nSPS) is 21.9. The van der Waals surface area contributed by atoms with E-state index in [9.17, 15) is 0 Å². The van der Waals surface area contributed by atoms with Gasteiger partial charge in [0, 0.05) is 18.3 Å². The van der Waals surface area contributed by atoms with Crippen LogP contribution in [0.5, 0.6) is 5.88 Å². The number of rotatable bonds is 5. The minimum absolute atomic E-state index is 0.208. The van der Waals surface area contributed by atoms with Crippen LogP contribution in [0, 0.1) is 0 Å². The number of ether oxygens (including phenoxy) is 3. The monoisotopic (exact) mass is 368 g/mol. The van der Waals surface area contributed by atoms with Crippen LogP contribution >= 0.6 is 0 Å². The van der Waals surface area contributed by atoms with E-state index in [1.807, 2.05) is 23.4 Å². The van der Waals surface area contributed by atoms with E-state index in [4.69, 9.17) is 19.9 Å². The number of nitrogens with two attached hydrogens (primary N) is 1. The first-order valence-corrected chi connectivity index (χ1v) is 9.15. The summed E-state index contributed by atoms with van der Waals surface area (Å²) in [6, 6.07) is 1.83. The molecule has 7 heteroatoms. The lowest BCUT2D eigenvalue weighted by Gasteiger charge is -2.26. The zero-order valence-corrected chi connectivity index (χ0v) is 15.4. The van der Waals surface area contributed by atoms with Crippen molar-refractivity contribution in [1.82, 2.24) is 10.3 Å². The third-order valence-corrected chi connectivity index (χ3v) is 4.76. The quantitative estimate of drug-likeness (QED) is 0.827. The first kappa shape index (κ1) is 17.5. The molecule has 142 valence electrons. The average Bonchev–Trinajstić information content (AvgIpc) is 3.21. The molecule has 0 bridgehead atoms. The Labute approximate surface area is 158 Å². The molecule has 1 fully saturated rings. The molecule has 0 aromatic carbocycles. The fraction of sp³-hybridized carbons (Fsp3) is 0.350. The molecule has 0 saturated carbocycles. The molecule has 1 saturated heterocycles. The lowest BCUT2D eigenvalue weighted by atomic mass is 10.0. The number of methoxy groups -OCH3 is 1. The summed E-state index contributed by atoms with van der Waals surface area (Å²) >= 11 is 0. The lowest BCUT2D eigenvalue weighted by molar-refractivity contribution is 0.137. The average molecular weight is 368 g/mol. The van der Waals surface area contributed by atoms with Gasteiger partial charge in [0.25, 0.3) is 0 Å². The molecular weight excluding hydrogens is 344 g/mol. The number of hydrogen-bond acceptors (Lipinski definition) is 7. The van der Waals surface area contributed by atoms with Crippen LogP contribution in [0.25, 0.3) is 0 Å². The maximum atomic E-state index is 6.23. The molecule has 1 aromatic heterocycles. The van der Waals surface area contributed by atoms with Crippen molar-refractivity contribution in [3.63, 3.8) is 0 Å². The Bertz CT molecular complexity index is 823. The van der Waals surface area contributed by atoms with Gasteiger partial charge in [-0.15, -0.1) is 0 Å². The van der Waals surface area contributed by atoms with Crippen molar-refractivity contribution in [2.75, 3.05) is 30.8 Å². The van der Waals surface area contributed by atoms with Gasteiger partial charge in [-0.3, -0.25) is 0 Å². The third-order valence-electron chi connectivity index (χ3n) is 4.76. The zero-order valence-electron chi connectivity index (χ0n) is 15.4. The van der Waals surface area contributed by atoms with Crippen molar-refractivity contribution in [2.45, 2.75) is 25.4 Å². The molecule has 1 atom stereocenters. The molecule has 3 aliphatic rings. The minimum atomic E-state index is 0.208. The molecule has 4 rings (SSSR count). The van der Waals surface area contributed by atoms with Crippen molar-refractivity contribution in [3.8, 4) is 5.88 Å². The Morgan fingerprint density at radius 1 is 1.41 bits per heavy atom. The number of hydrogen-bond donors (Lipinski definition) is 2. The number of nitrogen functional groups attached to an aromatic ring is 1. The second-order valence-electron chi connectivity index (χ2n) is 6.61. The second kappa shape index (κ2) is 7.75. The molecular formula is C20H24N4O3. The fourth-order valence-electron chi connectivity index (χ4n) is 3.35. The standard InChI is InChI=1S/C20H24N4O3/c1-25-20-17(21)10-14(11-23-20)24-8-9-26-19(13-24)16-4-2-3-5-18(16)27-15-6-7-22-12-15/h3,5,8-11,13,15,22H,2,4,6-7,12,21H2,1H3/t15-/m0/s1. The molecule has 27 heavy (non-hydrogen) atoms. The molecule has 3 N–H and O–H groups in total. The second-order valence-corrected chi connectivity index (χ2v) is 6.61. The highest BCUT2D eigenvalue weighted by Crippen LogP contribution is 2.32. The number of nitrogens with zero attached hydrogens (tertiary/aromatic N) is 2. The Morgan fingerprint density at radius 2 is 2.33 bits per heavy atom. The lowest BCUT2D eigenvalue weighted by Crippen LogP contribution is -2.19. The summed E-state index contributed by atoms with van der Waals surface area (Å²) in [6.45, 7) is 1.88. The van der Waals surface area contributed by atoms with Gasteiger partial charge in [-0.25, -0.2) is 4.98 Å². The van der Waals surface area contributed by atoms with Crippen LogP contribution in [0.4, 0.5) is 11.4 Å². The Morgan fingerprint density at radius 3 is 3.11 bits per heavy atom. The van der Waals surface area contributed by atoms with E-state index in [2.05, 4.69) is 22.5 Å². The Kier molecular flexibility index (Phi) is 5.02. The summed E-state index contributed by atoms with van der Waals surface area (Å²) < 4.78 is 17.2. The molecule has 3 heterocycles. The van der Waals surface area contributed by atoms with Crippen LogP contribution in [0.3, 0.4) is 0 Å². The number of allylic oxidation sites excluding steroid dienone is 3. The molecule has 7 nitrogen and oxygen atoms in total. The SMILES string of the molecule is COc1ncc(N2C=COC(C3=C(O[C@H]4CCNC4)C=CCC3)=C2)cc1N. The van der Waals surface area contributed by atoms with Gasteiger partial charge in [-0.05, 0) is 37.9 Å². The van der Waals surface area contributed by atoms with E-state index in [1.54, 1.807) is 19.6 Å². The third kappa shape index (κ3) is 3.78. The van der Waals surface area contributed by atoms with E-state index >= 15 is 0 Å². The highest BCUT2D eigenvalue weighted by molar-refractivity contribution is 5.62. The zero-order chi connectivity index (χ0) is 18.6. The van der Waals surface area contributed by atoms with E-state index in [0.29, 0.717) is 11.6 Å². The Balaban J connectivity index is 1.60. The van der Waals surface area contributed by atoms with Crippen LogP contribution in [-0.4, -0.2) is 31.3 Å². The largest absolute Gasteiger partial charge is 0.489 e. The van der Waals surface area contributed by atoms with Gasteiger partial charge in [0.2, 0.25) is 5.88 Å². The van der Waals surface area contributed by atoms with Gasteiger partial charge in [-0.1, -0.05) is 6.08 Å². The fourth-order valence-corrected chi connectivity index (χ4v) is 3.35. The van der Waals surface area contributed by atoms with Gasteiger partial charge < -0.3 is 30.2 Å². The van der Waals surface area contributed by atoms with Crippen LogP contribution in [-0.2, 0) is 9.47 Å². The predicted molar refractivity (Wildman–Crippen MR) is 104 cm³/mol. The summed E-state index contributed by atoms with van der Waals surface area (Å²) in [5, 5.41) is 3.33. The van der Waals surface area contributed by atoms with Gasteiger partial charge in [-0.2, -0.15) is 0 Å². The summed E-state index contributed by atoms with van der Waals surface area (Å²) in [6.07, 6.45) is 14.4. The molecule has 1 aromatic rings. The molecule has 1 aliphatic carbocycles. The Hall–Kier alpha value is -2.93. The summed E-state index contributed by atoms with van der Waals surface area (Å²) in [4.78, 5) is 6.18. The summed E-state index contributed by atoms with van der Waals surface area (Å²) in [7, 11) is 1.55. The van der Waals surface area contributed by atoms with Crippen molar-refractivity contribution >= 4 is 11.4 Å². The van der Waals surface area contributed by atoms with Gasteiger partial charge in [0.1, 0.15) is 23.9 Å². The van der Waals surface area contributed by atoms with Crippen LogP contribution in [0.2, 0.25) is 0 Å². The van der Waals surface area contributed by atoms with E-state index < -0.39 is 0 Å². The minimum Gasteiger partial charge on any atom is -0.489 e. The first-order valence-electron chi connectivity index (χ1n) is 9.15. The van der Waals surface area contributed by atoms with E-state index in [1.165, 1.54) is 0 Å². The van der Waals surface area contributed by atoms with Crippen molar-refractivity contribution < 1.29 is 14.2 Å². The molecule has 0 spiro atoms. The maximum absolute atomic E-state index is 6.23. The highest BCUT2D eigenvalue weighted by Gasteiger charge is 2.23. The summed E-state index contributed by atoms with van der Waals surface area (Å²) in [5.74, 6) is 2.09. The number of nitrogens with one attached hydrogen (secondary N) is 1. The van der Waals surface area contributed by atoms with Gasteiger partial charge in [0.05, 0.1) is 30.9 Å². The number of pyridine rings is 1. The van der Waals surface area contributed by atoms with Crippen molar-refractivity contribution in [3.05, 3.63) is 60.2 Å². The van der Waals surface area contributed by atoms with Crippen LogP contribution in [0.15, 0.2) is 60.2 Å². The van der Waals surface area contributed by atoms with Gasteiger partial charge in [0.15, 0.2) is 0 Å². The predicted octanol–water partition coefficient (Wildman–Crippen LogP) is 2.80. The molecule has 0 amide bonds. The smallest absolute Gasteiger partial charge is 0.237 e. The summed E-state index contributed by atoms with van der Waals surface area (Å²) in [5.41, 5.74) is 8.39. The molecule has 0 radical (unpaired) electrons. The molecule has 0 unspecified atom stereocenters.